The number of aromatic nitrogens is 1. The Hall–Kier alpha value is -2.15. The molecule has 2 heterocycles. The summed E-state index contributed by atoms with van der Waals surface area (Å²) in [5, 5.41) is 6.50. The molecule has 0 spiro atoms. The van der Waals surface area contributed by atoms with E-state index in [-0.39, 0.29) is 12.1 Å². The van der Waals surface area contributed by atoms with Crippen molar-refractivity contribution in [2.75, 3.05) is 32.8 Å². The highest BCUT2D eigenvalue weighted by Crippen LogP contribution is 2.20. The molecule has 1 aliphatic heterocycles. The number of halogens is 1. The molecule has 6 nitrogen and oxygen atoms in total. The normalized spacial score (nSPS) is 16.0. The maximum absolute atomic E-state index is 12.2. The first-order valence-corrected chi connectivity index (χ1v) is 9.08. The Balaban J connectivity index is 1.55. The van der Waals surface area contributed by atoms with Crippen LogP contribution in [-0.2, 0) is 11.3 Å². The lowest BCUT2D eigenvalue weighted by molar-refractivity contribution is 0.0166. The van der Waals surface area contributed by atoms with Gasteiger partial charge in [0.2, 0.25) is 0 Å². The lowest BCUT2D eigenvalue weighted by Gasteiger charge is -2.34. The number of carbonyl (C=O) groups is 1. The van der Waals surface area contributed by atoms with E-state index in [1.54, 1.807) is 6.20 Å². The summed E-state index contributed by atoms with van der Waals surface area (Å²) in [5.41, 5.74) is 2.05. The maximum atomic E-state index is 12.2. The van der Waals surface area contributed by atoms with Crippen molar-refractivity contribution in [3.8, 4) is 0 Å². The molecule has 0 radical (unpaired) electrons. The van der Waals surface area contributed by atoms with Crippen molar-refractivity contribution in [2.45, 2.75) is 12.6 Å². The fraction of sp³-hybridized carbons (Fsp3) is 0.368. The number of hydrogen-bond donors (Lipinski definition) is 2. The van der Waals surface area contributed by atoms with Crippen molar-refractivity contribution >= 4 is 17.6 Å². The average molecular weight is 375 g/mol. The number of hydrogen-bond acceptors (Lipinski definition) is 4. The van der Waals surface area contributed by atoms with Gasteiger partial charge in [-0.15, -0.1) is 0 Å². The molecule has 26 heavy (non-hydrogen) atoms. The number of nitrogens with one attached hydrogen (secondary N) is 2. The highest BCUT2D eigenvalue weighted by molar-refractivity contribution is 6.30. The Morgan fingerprint density at radius 2 is 2.08 bits per heavy atom. The van der Waals surface area contributed by atoms with E-state index in [9.17, 15) is 4.79 Å². The topological polar surface area (TPSA) is 66.5 Å². The molecule has 2 amide bonds. The van der Waals surface area contributed by atoms with Gasteiger partial charge in [0.1, 0.15) is 0 Å². The van der Waals surface area contributed by atoms with Crippen LogP contribution in [0.25, 0.3) is 0 Å². The average Bonchev–Trinajstić information content (AvgIpc) is 2.68. The number of nitrogens with zero attached hydrogens (tertiary/aromatic N) is 2. The third-order valence-corrected chi connectivity index (χ3v) is 4.59. The van der Waals surface area contributed by atoms with Gasteiger partial charge in [-0.1, -0.05) is 29.8 Å². The van der Waals surface area contributed by atoms with E-state index in [0.717, 1.165) is 24.2 Å². The van der Waals surface area contributed by atoms with Crippen molar-refractivity contribution in [3.63, 3.8) is 0 Å². The largest absolute Gasteiger partial charge is 0.379 e. The molecule has 1 aliphatic rings. The molecule has 1 fully saturated rings. The number of carbonyl (C=O) groups excluding carboxylic acids is 1. The van der Waals surface area contributed by atoms with Crippen LogP contribution in [-0.4, -0.2) is 48.8 Å². The minimum absolute atomic E-state index is 0.0736. The van der Waals surface area contributed by atoms with Gasteiger partial charge in [0, 0.05) is 43.6 Å². The summed E-state index contributed by atoms with van der Waals surface area (Å²) in [4.78, 5) is 18.7. The van der Waals surface area contributed by atoms with Crippen molar-refractivity contribution in [3.05, 3.63) is 64.9 Å². The number of rotatable bonds is 6. The van der Waals surface area contributed by atoms with E-state index >= 15 is 0 Å². The number of urea groups is 1. The molecule has 138 valence electrons. The molecule has 1 aromatic carbocycles. The molecule has 0 bridgehead atoms. The summed E-state index contributed by atoms with van der Waals surface area (Å²) in [6.45, 7) is 4.03. The molecule has 1 aromatic heterocycles. The van der Waals surface area contributed by atoms with Crippen LogP contribution in [0.1, 0.15) is 17.2 Å². The molecule has 2 aromatic rings. The van der Waals surface area contributed by atoms with Crippen LogP contribution in [0.2, 0.25) is 5.02 Å². The maximum Gasteiger partial charge on any atom is 0.315 e. The zero-order valence-electron chi connectivity index (χ0n) is 14.5. The summed E-state index contributed by atoms with van der Waals surface area (Å²) >= 11 is 5.97. The molecule has 1 saturated heterocycles. The Morgan fingerprint density at radius 3 is 2.81 bits per heavy atom. The molecule has 0 aliphatic carbocycles. The Morgan fingerprint density at radius 1 is 1.23 bits per heavy atom. The Kier molecular flexibility index (Phi) is 6.82. The first-order valence-electron chi connectivity index (χ1n) is 8.70. The molecule has 7 heteroatoms. The Labute approximate surface area is 158 Å². The van der Waals surface area contributed by atoms with Gasteiger partial charge in [-0.3, -0.25) is 9.88 Å². The van der Waals surface area contributed by atoms with Gasteiger partial charge >= 0.3 is 6.03 Å². The Bertz CT molecular complexity index is 708. The quantitative estimate of drug-likeness (QED) is 0.815. The molecule has 3 rings (SSSR count). The number of benzene rings is 1. The van der Waals surface area contributed by atoms with E-state index in [1.807, 2.05) is 42.6 Å². The minimum Gasteiger partial charge on any atom is -0.379 e. The number of amides is 2. The second-order valence-electron chi connectivity index (χ2n) is 6.14. The molecular weight excluding hydrogens is 352 g/mol. The second-order valence-corrected chi connectivity index (χ2v) is 6.58. The van der Waals surface area contributed by atoms with E-state index in [4.69, 9.17) is 16.3 Å². The predicted molar refractivity (Wildman–Crippen MR) is 101 cm³/mol. The highest BCUT2D eigenvalue weighted by atomic mass is 35.5. The third-order valence-electron chi connectivity index (χ3n) is 4.35. The van der Waals surface area contributed by atoms with Crippen LogP contribution in [0.15, 0.2) is 48.8 Å². The van der Waals surface area contributed by atoms with E-state index in [2.05, 4.69) is 20.5 Å². The zero-order valence-corrected chi connectivity index (χ0v) is 15.3. The number of morpholine rings is 1. The lowest BCUT2D eigenvalue weighted by atomic mass is 10.1. The molecule has 2 N–H and O–H groups in total. The van der Waals surface area contributed by atoms with Crippen LogP contribution >= 0.6 is 11.6 Å². The van der Waals surface area contributed by atoms with Crippen molar-refractivity contribution in [1.29, 1.82) is 0 Å². The summed E-state index contributed by atoms with van der Waals surface area (Å²) < 4.78 is 5.44. The lowest BCUT2D eigenvalue weighted by Crippen LogP contribution is -2.45. The van der Waals surface area contributed by atoms with Gasteiger partial charge in [0.15, 0.2) is 0 Å². The van der Waals surface area contributed by atoms with Crippen LogP contribution in [0.5, 0.6) is 0 Å². The van der Waals surface area contributed by atoms with E-state index in [1.165, 1.54) is 0 Å². The van der Waals surface area contributed by atoms with Crippen LogP contribution in [0.4, 0.5) is 4.79 Å². The van der Waals surface area contributed by atoms with Gasteiger partial charge in [-0.25, -0.2) is 4.79 Å². The predicted octanol–water partition coefficient (Wildman–Crippen LogP) is 2.61. The molecular formula is C19H23ClN4O2. The number of ether oxygens (including phenoxy) is 1. The summed E-state index contributed by atoms with van der Waals surface area (Å²) in [7, 11) is 0. The second kappa shape index (κ2) is 9.52. The highest BCUT2D eigenvalue weighted by Gasteiger charge is 2.23. The molecule has 1 unspecified atom stereocenters. The SMILES string of the molecule is O=C(NCc1cccc(Cl)c1)NCC(c1cccnc1)N1CCOCC1. The standard InChI is InChI=1S/C19H23ClN4O2/c20-17-5-1-3-15(11-17)12-22-19(25)23-14-18(16-4-2-6-21-13-16)24-7-9-26-10-8-24/h1-6,11,13,18H,7-10,12,14H2,(H2,22,23,25). The van der Waals surface area contributed by atoms with Gasteiger partial charge in [-0.05, 0) is 29.3 Å². The third kappa shape index (κ3) is 5.42. The zero-order chi connectivity index (χ0) is 18.2. The van der Waals surface area contributed by atoms with Crippen LogP contribution < -0.4 is 10.6 Å². The molecule has 1 atom stereocenters. The van der Waals surface area contributed by atoms with Gasteiger partial charge in [0.05, 0.1) is 19.3 Å². The smallest absolute Gasteiger partial charge is 0.315 e. The fourth-order valence-electron chi connectivity index (χ4n) is 3.00. The fourth-order valence-corrected chi connectivity index (χ4v) is 3.21. The molecule has 0 saturated carbocycles. The van der Waals surface area contributed by atoms with Crippen molar-refractivity contribution < 1.29 is 9.53 Å². The van der Waals surface area contributed by atoms with Crippen LogP contribution in [0.3, 0.4) is 0 Å². The monoisotopic (exact) mass is 374 g/mol. The van der Waals surface area contributed by atoms with Crippen molar-refractivity contribution in [2.24, 2.45) is 0 Å². The van der Waals surface area contributed by atoms with Gasteiger partial charge in [0.25, 0.3) is 0 Å². The number of pyridine rings is 1. The summed E-state index contributed by atoms with van der Waals surface area (Å²) in [6, 6.07) is 11.3. The minimum atomic E-state index is -0.202. The van der Waals surface area contributed by atoms with Gasteiger partial charge in [-0.2, -0.15) is 0 Å². The van der Waals surface area contributed by atoms with Crippen molar-refractivity contribution in [1.82, 2.24) is 20.5 Å². The summed E-state index contributed by atoms with van der Waals surface area (Å²) in [5.74, 6) is 0. The first-order chi connectivity index (χ1) is 12.7. The van der Waals surface area contributed by atoms with Gasteiger partial charge < -0.3 is 15.4 Å². The van der Waals surface area contributed by atoms with E-state index < -0.39 is 0 Å². The van der Waals surface area contributed by atoms with E-state index in [0.29, 0.717) is 31.3 Å². The summed E-state index contributed by atoms with van der Waals surface area (Å²) in [6.07, 6.45) is 3.61. The first kappa shape index (κ1) is 18.6. The van der Waals surface area contributed by atoms with Crippen LogP contribution in [0, 0.1) is 0 Å².